The molecule has 0 aliphatic carbocycles. The highest BCUT2D eigenvalue weighted by atomic mass is 16.5. The fraction of sp³-hybridized carbons (Fsp3) is 0.368. The van der Waals surface area contributed by atoms with E-state index in [0.29, 0.717) is 0 Å². The molecule has 1 aromatic carbocycles. The van der Waals surface area contributed by atoms with E-state index in [0.717, 1.165) is 36.2 Å². The highest BCUT2D eigenvalue weighted by Gasteiger charge is 2.03. The monoisotopic (exact) mass is 310 g/mol. The van der Waals surface area contributed by atoms with Crippen LogP contribution in [0.1, 0.15) is 25.7 Å². The van der Waals surface area contributed by atoms with Crippen molar-refractivity contribution in [1.29, 1.82) is 0 Å². The van der Waals surface area contributed by atoms with Crippen LogP contribution in [0.15, 0.2) is 55.2 Å². The third-order valence-electron chi connectivity index (χ3n) is 3.99. The van der Waals surface area contributed by atoms with Crippen LogP contribution in [0.25, 0.3) is 10.9 Å². The third kappa shape index (κ3) is 4.31. The molecule has 2 aromatic heterocycles. The van der Waals surface area contributed by atoms with Crippen LogP contribution >= 0.6 is 0 Å². The van der Waals surface area contributed by atoms with Gasteiger partial charge in [-0.25, -0.2) is 9.13 Å². The standard InChI is InChI=1S/C19H24N3O/c1-21-13-14-22(16-21)12-4-2-3-5-15-23-18-10-6-8-17-9-7-11-20-19(17)18/h6-11,13-14,16H,2-5,12,15H2,1H3/q+1. The Hall–Kier alpha value is -2.36. The molecular formula is C19H24N3O+. The van der Waals surface area contributed by atoms with Crippen LogP contribution < -0.4 is 9.30 Å². The first kappa shape index (κ1) is 15.5. The minimum absolute atomic E-state index is 0.758. The summed E-state index contributed by atoms with van der Waals surface area (Å²) in [5, 5.41) is 1.13. The molecule has 4 nitrogen and oxygen atoms in total. The fourth-order valence-corrected chi connectivity index (χ4v) is 2.76. The lowest BCUT2D eigenvalue weighted by atomic mass is 10.2. The summed E-state index contributed by atoms with van der Waals surface area (Å²) in [6.07, 6.45) is 12.9. The van der Waals surface area contributed by atoms with Crippen molar-refractivity contribution < 1.29 is 9.30 Å². The Morgan fingerprint density at radius 1 is 1.09 bits per heavy atom. The normalized spacial score (nSPS) is 11.0. The van der Waals surface area contributed by atoms with Gasteiger partial charge < -0.3 is 4.74 Å². The minimum atomic E-state index is 0.758. The lowest BCUT2D eigenvalue weighted by Crippen LogP contribution is -2.23. The molecule has 3 aromatic rings. The number of hydrogen-bond donors (Lipinski definition) is 0. The van der Waals surface area contributed by atoms with Gasteiger partial charge in [0.05, 0.1) is 20.2 Å². The predicted octanol–water partition coefficient (Wildman–Crippen LogP) is 3.50. The molecule has 0 aliphatic rings. The van der Waals surface area contributed by atoms with Crippen LogP contribution in [0.4, 0.5) is 0 Å². The molecular weight excluding hydrogens is 286 g/mol. The Morgan fingerprint density at radius 2 is 1.96 bits per heavy atom. The molecule has 0 N–H and O–H groups in total. The minimum Gasteiger partial charge on any atom is -0.491 e. The highest BCUT2D eigenvalue weighted by Crippen LogP contribution is 2.23. The van der Waals surface area contributed by atoms with E-state index in [2.05, 4.69) is 52.0 Å². The molecule has 0 aliphatic heterocycles. The van der Waals surface area contributed by atoms with Gasteiger partial charge >= 0.3 is 0 Å². The Balaban J connectivity index is 1.36. The number of fused-ring (bicyclic) bond motifs is 1. The van der Waals surface area contributed by atoms with Crippen molar-refractivity contribution >= 4 is 10.9 Å². The molecule has 0 saturated carbocycles. The van der Waals surface area contributed by atoms with Crippen molar-refractivity contribution in [2.75, 3.05) is 6.61 Å². The van der Waals surface area contributed by atoms with Crippen molar-refractivity contribution in [2.45, 2.75) is 32.2 Å². The van der Waals surface area contributed by atoms with Crippen molar-refractivity contribution in [2.24, 2.45) is 7.05 Å². The topological polar surface area (TPSA) is 30.9 Å². The Labute approximate surface area is 137 Å². The highest BCUT2D eigenvalue weighted by molar-refractivity contribution is 5.84. The molecule has 0 radical (unpaired) electrons. The summed E-state index contributed by atoms with van der Waals surface area (Å²) in [4.78, 5) is 4.42. The number of benzene rings is 1. The second-order valence-corrected chi connectivity index (χ2v) is 5.91. The van der Waals surface area contributed by atoms with Crippen LogP contribution in [0.3, 0.4) is 0 Å². The zero-order valence-corrected chi connectivity index (χ0v) is 13.7. The fourth-order valence-electron chi connectivity index (χ4n) is 2.76. The summed E-state index contributed by atoms with van der Waals surface area (Å²) in [6.45, 7) is 1.85. The SMILES string of the molecule is C[n+]1ccn(CCCCCCOc2cccc3cccnc23)c1. The number of ether oxygens (including phenoxy) is 1. The van der Waals surface area contributed by atoms with Gasteiger partial charge in [-0.3, -0.25) is 4.98 Å². The van der Waals surface area contributed by atoms with Crippen LogP contribution in [-0.2, 0) is 13.6 Å². The first-order chi connectivity index (χ1) is 11.3. The largest absolute Gasteiger partial charge is 0.491 e. The summed E-state index contributed by atoms with van der Waals surface area (Å²) in [5.41, 5.74) is 0.954. The van der Waals surface area contributed by atoms with Gasteiger partial charge in [0.15, 0.2) is 0 Å². The van der Waals surface area contributed by atoms with Crippen molar-refractivity contribution in [3.05, 3.63) is 55.2 Å². The maximum atomic E-state index is 5.92. The van der Waals surface area contributed by atoms with E-state index in [1.165, 1.54) is 19.3 Å². The van der Waals surface area contributed by atoms with E-state index in [1.807, 2.05) is 24.4 Å². The molecule has 0 amide bonds. The van der Waals surface area contributed by atoms with Gasteiger partial charge in [-0.2, -0.15) is 0 Å². The number of hydrogen-bond acceptors (Lipinski definition) is 2. The van der Waals surface area contributed by atoms with Gasteiger partial charge in [-0.05, 0) is 37.8 Å². The third-order valence-corrected chi connectivity index (χ3v) is 3.99. The van der Waals surface area contributed by atoms with E-state index >= 15 is 0 Å². The quantitative estimate of drug-likeness (QED) is 0.471. The van der Waals surface area contributed by atoms with Gasteiger partial charge in [0.2, 0.25) is 6.33 Å². The van der Waals surface area contributed by atoms with Crippen LogP contribution in [0.2, 0.25) is 0 Å². The molecule has 0 spiro atoms. The van der Waals surface area contributed by atoms with Gasteiger partial charge in [-0.15, -0.1) is 0 Å². The summed E-state index contributed by atoms with van der Waals surface area (Å²) in [5.74, 6) is 0.892. The smallest absolute Gasteiger partial charge is 0.243 e. The van der Waals surface area contributed by atoms with E-state index in [1.54, 1.807) is 0 Å². The summed E-state index contributed by atoms with van der Waals surface area (Å²) in [7, 11) is 2.05. The van der Waals surface area contributed by atoms with E-state index < -0.39 is 0 Å². The number of imidazole rings is 1. The van der Waals surface area contributed by atoms with Gasteiger partial charge in [0.1, 0.15) is 23.7 Å². The van der Waals surface area contributed by atoms with Gasteiger partial charge in [0.25, 0.3) is 0 Å². The number of pyridine rings is 1. The Bertz CT molecular complexity index is 746. The number of unbranched alkanes of at least 4 members (excludes halogenated alkanes) is 3. The van der Waals surface area contributed by atoms with Crippen molar-refractivity contribution in [3.63, 3.8) is 0 Å². The van der Waals surface area contributed by atoms with Crippen LogP contribution in [-0.4, -0.2) is 16.2 Å². The average Bonchev–Trinajstić information content (AvgIpc) is 2.99. The van der Waals surface area contributed by atoms with E-state index in [-0.39, 0.29) is 0 Å². The first-order valence-corrected chi connectivity index (χ1v) is 8.30. The Kier molecular flexibility index (Phi) is 5.25. The molecule has 0 fully saturated rings. The van der Waals surface area contributed by atoms with Crippen LogP contribution in [0, 0.1) is 0 Å². The predicted molar refractivity (Wildman–Crippen MR) is 91.3 cm³/mol. The second kappa shape index (κ2) is 7.77. The van der Waals surface area contributed by atoms with E-state index in [4.69, 9.17) is 4.74 Å². The zero-order chi connectivity index (χ0) is 15.9. The lowest BCUT2D eigenvalue weighted by molar-refractivity contribution is -0.671. The van der Waals surface area contributed by atoms with Gasteiger partial charge in [0, 0.05) is 11.6 Å². The van der Waals surface area contributed by atoms with E-state index in [9.17, 15) is 0 Å². The summed E-state index contributed by atoms with van der Waals surface area (Å²) in [6, 6.07) is 10.1. The van der Waals surface area contributed by atoms with Crippen LogP contribution in [0.5, 0.6) is 5.75 Å². The zero-order valence-electron chi connectivity index (χ0n) is 13.7. The number of aromatic nitrogens is 3. The molecule has 0 unspecified atom stereocenters. The molecule has 120 valence electrons. The molecule has 0 bridgehead atoms. The number of nitrogens with zero attached hydrogens (tertiary/aromatic N) is 3. The number of aryl methyl sites for hydroxylation is 2. The molecule has 3 rings (SSSR count). The summed E-state index contributed by atoms with van der Waals surface area (Å²) >= 11 is 0. The maximum Gasteiger partial charge on any atom is 0.243 e. The summed E-state index contributed by atoms with van der Waals surface area (Å²) < 4.78 is 10.2. The molecule has 4 heteroatoms. The van der Waals surface area contributed by atoms with Gasteiger partial charge in [-0.1, -0.05) is 18.2 Å². The second-order valence-electron chi connectivity index (χ2n) is 5.91. The maximum absolute atomic E-state index is 5.92. The van der Waals surface area contributed by atoms with Crippen molar-refractivity contribution in [1.82, 2.24) is 9.55 Å². The first-order valence-electron chi connectivity index (χ1n) is 8.30. The Morgan fingerprint density at radius 3 is 2.83 bits per heavy atom. The van der Waals surface area contributed by atoms with Crippen molar-refractivity contribution in [3.8, 4) is 5.75 Å². The lowest BCUT2D eigenvalue weighted by Gasteiger charge is -2.08. The number of para-hydroxylation sites is 1. The molecule has 23 heavy (non-hydrogen) atoms. The molecule has 2 heterocycles. The molecule has 0 saturated heterocycles. The number of rotatable bonds is 8. The average molecular weight is 310 g/mol. The molecule has 0 atom stereocenters.